The molecule has 0 aliphatic heterocycles. The summed E-state index contributed by atoms with van der Waals surface area (Å²) in [6.07, 6.45) is 13.0. The molecule has 0 unspecified atom stereocenters. The first-order valence-electron chi connectivity index (χ1n) is 8.33. The third-order valence-corrected chi connectivity index (χ3v) is 5.29. The van der Waals surface area contributed by atoms with Crippen LogP contribution in [0.4, 0.5) is 0 Å². The first kappa shape index (κ1) is 14.4. The highest BCUT2D eigenvalue weighted by molar-refractivity contribution is 4.89. The lowest BCUT2D eigenvalue weighted by Gasteiger charge is -2.35. The Balaban J connectivity index is 1.79. The molecule has 0 saturated heterocycles. The molecule has 1 heteroatoms. The van der Waals surface area contributed by atoms with Gasteiger partial charge in [-0.1, -0.05) is 33.6 Å². The van der Waals surface area contributed by atoms with Crippen molar-refractivity contribution in [2.75, 3.05) is 6.54 Å². The van der Waals surface area contributed by atoms with Gasteiger partial charge in [-0.25, -0.2) is 0 Å². The molecule has 0 aromatic heterocycles. The van der Waals surface area contributed by atoms with E-state index in [4.69, 9.17) is 0 Å². The van der Waals surface area contributed by atoms with Crippen LogP contribution in [0, 0.1) is 17.3 Å². The fraction of sp³-hybridized carbons (Fsp3) is 1.00. The van der Waals surface area contributed by atoms with Crippen molar-refractivity contribution in [3.05, 3.63) is 0 Å². The second kappa shape index (κ2) is 6.41. The van der Waals surface area contributed by atoms with E-state index in [1.807, 2.05) is 0 Å². The summed E-state index contributed by atoms with van der Waals surface area (Å²) >= 11 is 0. The highest BCUT2D eigenvalue weighted by atomic mass is 14.9. The Labute approximate surface area is 114 Å². The molecule has 0 bridgehead atoms. The van der Waals surface area contributed by atoms with E-state index < -0.39 is 0 Å². The monoisotopic (exact) mass is 251 g/mol. The smallest absolute Gasteiger partial charge is 0.00674 e. The molecule has 106 valence electrons. The molecule has 18 heavy (non-hydrogen) atoms. The SMILES string of the molecule is CC(C)CC1(CNC2CCC(C)CC2)CCCC1. The summed E-state index contributed by atoms with van der Waals surface area (Å²) in [5.74, 6) is 1.83. The van der Waals surface area contributed by atoms with Crippen LogP contribution in [0.5, 0.6) is 0 Å². The average molecular weight is 251 g/mol. The van der Waals surface area contributed by atoms with Crippen molar-refractivity contribution in [2.45, 2.75) is 84.6 Å². The standard InChI is InChI=1S/C17H33N/c1-14(2)12-17(10-4-5-11-17)13-18-16-8-6-15(3)7-9-16/h14-16,18H,4-13H2,1-3H3. The van der Waals surface area contributed by atoms with Gasteiger partial charge in [-0.15, -0.1) is 0 Å². The van der Waals surface area contributed by atoms with E-state index in [9.17, 15) is 0 Å². The lowest BCUT2D eigenvalue weighted by Crippen LogP contribution is -2.40. The third kappa shape index (κ3) is 3.98. The maximum atomic E-state index is 3.93. The molecular weight excluding hydrogens is 218 g/mol. The number of hydrogen-bond donors (Lipinski definition) is 1. The summed E-state index contributed by atoms with van der Waals surface area (Å²) in [4.78, 5) is 0. The van der Waals surface area contributed by atoms with Crippen LogP contribution < -0.4 is 5.32 Å². The highest BCUT2D eigenvalue weighted by Gasteiger charge is 2.34. The van der Waals surface area contributed by atoms with Crippen molar-refractivity contribution in [1.82, 2.24) is 5.32 Å². The molecule has 1 nitrogen and oxygen atoms in total. The second-order valence-electron chi connectivity index (χ2n) is 7.64. The van der Waals surface area contributed by atoms with E-state index in [1.165, 1.54) is 64.3 Å². The molecular formula is C17H33N. The van der Waals surface area contributed by atoms with Gasteiger partial charge < -0.3 is 5.32 Å². The highest BCUT2D eigenvalue weighted by Crippen LogP contribution is 2.42. The Morgan fingerprint density at radius 3 is 2.22 bits per heavy atom. The second-order valence-corrected chi connectivity index (χ2v) is 7.64. The van der Waals surface area contributed by atoms with Gasteiger partial charge in [0, 0.05) is 12.6 Å². The van der Waals surface area contributed by atoms with Crippen molar-refractivity contribution in [3.63, 3.8) is 0 Å². The zero-order valence-corrected chi connectivity index (χ0v) is 12.8. The molecule has 0 aromatic rings. The van der Waals surface area contributed by atoms with E-state index in [-0.39, 0.29) is 0 Å². The van der Waals surface area contributed by atoms with E-state index in [0.29, 0.717) is 5.41 Å². The van der Waals surface area contributed by atoms with Gasteiger partial charge in [-0.3, -0.25) is 0 Å². The Bertz CT molecular complexity index is 232. The van der Waals surface area contributed by atoms with Gasteiger partial charge >= 0.3 is 0 Å². The van der Waals surface area contributed by atoms with E-state index in [0.717, 1.165) is 17.9 Å². The van der Waals surface area contributed by atoms with Crippen LogP contribution in [0.15, 0.2) is 0 Å². The van der Waals surface area contributed by atoms with Gasteiger partial charge in [0.25, 0.3) is 0 Å². The van der Waals surface area contributed by atoms with Gasteiger partial charge in [0.1, 0.15) is 0 Å². The first-order chi connectivity index (χ1) is 8.60. The minimum atomic E-state index is 0.650. The molecule has 2 aliphatic rings. The Hall–Kier alpha value is -0.0400. The van der Waals surface area contributed by atoms with Crippen molar-refractivity contribution < 1.29 is 0 Å². The number of rotatable bonds is 5. The predicted octanol–water partition coefficient (Wildman–Crippen LogP) is 4.76. The van der Waals surface area contributed by atoms with Crippen molar-refractivity contribution in [1.29, 1.82) is 0 Å². The molecule has 0 heterocycles. The molecule has 0 radical (unpaired) electrons. The Morgan fingerprint density at radius 2 is 1.67 bits per heavy atom. The molecule has 2 rings (SSSR count). The fourth-order valence-electron chi connectivity index (χ4n) is 4.27. The predicted molar refractivity (Wildman–Crippen MR) is 79.8 cm³/mol. The molecule has 2 fully saturated rings. The fourth-order valence-corrected chi connectivity index (χ4v) is 4.27. The van der Waals surface area contributed by atoms with E-state index in [1.54, 1.807) is 0 Å². The van der Waals surface area contributed by atoms with E-state index in [2.05, 4.69) is 26.1 Å². The van der Waals surface area contributed by atoms with Crippen LogP contribution in [-0.4, -0.2) is 12.6 Å². The van der Waals surface area contributed by atoms with Crippen molar-refractivity contribution in [2.24, 2.45) is 17.3 Å². The Kier molecular flexibility index (Phi) is 5.12. The number of nitrogens with one attached hydrogen (secondary N) is 1. The van der Waals surface area contributed by atoms with Crippen LogP contribution >= 0.6 is 0 Å². The minimum absolute atomic E-state index is 0.650. The summed E-state index contributed by atoms with van der Waals surface area (Å²) in [6, 6.07) is 0.825. The molecule has 0 atom stereocenters. The maximum absolute atomic E-state index is 3.93. The van der Waals surface area contributed by atoms with Crippen LogP contribution in [0.1, 0.15) is 78.6 Å². The van der Waals surface area contributed by atoms with Gasteiger partial charge in [0.05, 0.1) is 0 Å². The molecule has 2 saturated carbocycles. The van der Waals surface area contributed by atoms with E-state index >= 15 is 0 Å². The molecule has 1 N–H and O–H groups in total. The summed E-state index contributed by atoms with van der Waals surface area (Å²) in [5.41, 5.74) is 0.650. The van der Waals surface area contributed by atoms with Crippen molar-refractivity contribution in [3.8, 4) is 0 Å². The van der Waals surface area contributed by atoms with Crippen molar-refractivity contribution >= 4 is 0 Å². The molecule has 0 aromatic carbocycles. The quantitative estimate of drug-likeness (QED) is 0.743. The summed E-state index contributed by atoms with van der Waals surface area (Å²) in [6.45, 7) is 8.49. The minimum Gasteiger partial charge on any atom is -0.313 e. The normalized spacial score (nSPS) is 32.0. The summed E-state index contributed by atoms with van der Waals surface area (Å²) in [7, 11) is 0. The molecule has 0 amide bonds. The van der Waals surface area contributed by atoms with Crippen LogP contribution in [0.3, 0.4) is 0 Å². The third-order valence-electron chi connectivity index (χ3n) is 5.29. The van der Waals surface area contributed by atoms with Gasteiger partial charge in [0.15, 0.2) is 0 Å². The van der Waals surface area contributed by atoms with Crippen LogP contribution in [-0.2, 0) is 0 Å². The van der Waals surface area contributed by atoms with Crippen LogP contribution in [0.25, 0.3) is 0 Å². The summed E-state index contributed by atoms with van der Waals surface area (Å²) in [5, 5.41) is 3.93. The Morgan fingerprint density at radius 1 is 1.06 bits per heavy atom. The zero-order valence-electron chi connectivity index (χ0n) is 12.8. The molecule has 0 spiro atoms. The average Bonchev–Trinajstić information content (AvgIpc) is 2.76. The first-order valence-corrected chi connectivity index (χ1v) is 8.33. The van der Waals surface area contributed by atoms with Gasteiger partial charge in [-0.05, 0) is 62.2 Å². The lowest BCUT2D eigenvalue weighted by molar-refractivity contribution is 0.199. The lowest BCUT2D eigenvalue weighted by atomic mass is 9.78. The zero-order chi connectivity index (χ0) is 13.0. The number of hydrogen-bond acceptors (Lipinski definition) is 1. The van der Waals surface area contributed by atoms with Crippen LogP contribution in [0.2, 0.25) is 0 Å². The van der Waals surface area contributed by atoms with Gasteiger partial charge in [-0.2, -0.15) is 0 Å². The maximum Gasteiger partial charge on any atom is 0.00674 e. The molecule has 2 aliphatic carbocycles. The topological polar surface area (TPSA) is 12.0 Å². The largest absolute Gasteiger partial charge is 0.313 e. The van der Waals surface area contributed by atoms with Gasteiger partial charge in [0.2, 0.25) is 0 Å². The summed E-state index contributed by atoms with van der Waals surface area (Å²) < 4.78 is 0.